The summed E-state index contributed by atoms with van der Waals surface area (Å²) in [6.07, 6.45) is 1.04. The summed E-state index contributed by atoms with van der Waals surface area (Å²) in [5.74, 6) is -4.89. The molecule has 4 atom stereocenters. The highest BCUT2D eigenvalue weighted by Gasteiger charge is 2.40. The number of carbonyl (C=O) groups excluding carboxylic acids is 3. The van der Waals surface area contributed by atoms with E-state index in [1.165, 1.54) is 24.9 Å². The molecular formula is C24H25F2N3O4. The molecule has 1 aliphatic rings. The number of hydrogen-bond acceptors (Lipinski definition) is 5. The van der Waals surface area contributed by atoms with Crippen molar-refractivity contribution in [2.45, 2.75) is 31.0 Å². The van der Waals surface area contributed by atoms with Gasteiger partial charge in [-0.25, -0.2) is 8.78 Å². The van der Waals surface area contributed by atoms with Crippen LogP contribution in [0.5, 0.6) is 0 Å². The Kier molecular flexibility index (Phi) is 7.35. The van der Waals surface area contributed by atoms with Crippen LogP contribution in [-0.2, 0) is 14.4 Å². The summed E-state index contributed by atoms with van der Waals surface area (Å²) >= 11 is 0. The van der Waals surface area contributed by atoms with E-state index in [1.54, 1.807) is 6.08 Å². The zero-order valence-electron chi connectivity index (χ0n) is 18.2. The van der Waals surface area contributed by atoms with Crippen LogP contribution in [0.25, 0.3) is 0 Å². The summed E-state index contributed by atoms with van der Waals surface area (Å²) < 4.78 is 27.3. The van der Waals surface area contributed by atoms with E-state index in [2.05, 4.69) is 0 Å². The molecule has 3 rings (SSSR count). The molecule has 2 aromatic carbocycles. The lowest BCUT2D eigenvalue weighted by Gasteiger charge is -2.32. The van der Waals surface area contributed by atoms with Crippen molar-refractivity contribution in [2.24, 2.45) is 5.73 Å². The number of benzene rings is 2. The highest BCUT2D eigenvalue weighted by molar-refractivity contribution is 6.04. The van der Waals surface area contributed by atoms with E-state index >= 15 is 0 Å². The van der Waals surface area contributed by atoms with Gasteiger partial charge in [-0.15, -0.1) is 0 Å². The van der Waals surface area contributed by atoms with E-state index in [0.29, 0.717) is 17.5 Å². The molecule has 0 fully saturated rings. The Hall–Kier alpha value is -3.43. The number of halogens is 2. The van der Waals surface area contributed by atoms with Gasteiger partial charge in [-0.2, -0.15) is 0 Å². The molecule has 0 unspecified atom stereocenters. The first kappa shape index (κ1) is 24.2. The number of amides is 3. The molecule has 0 aromatic heterocycles. The van der Waals surface area contributed by atoms with Gasteiger partial charge in [0.25, 0.3) is 5.91 Å². The first-order valence-electron chi connectivity index (χ1n) is 10.3. The number of rotatable bonds is 5. The van der Waals surface area contributed by atoms with Gasteiger partial charge >= 0.3 is 0 Å². The van der Waals surface area contributed by atoms with Gasteiger partial charge < -0.3 is 15.7 Å². The fourth-order valence-corrected chi connectivity index (χ4v) is 3.72. The van der Waals surface area contributed by atoms with E-state index in [9.17, 15) is 28.3 Å². The summed E-state index contributed by atoms with van der Waals surface area (Å²) in [7, 11) is 1.54. The fraction of sp³-hybridized carbons (Fsp3) is 0.292. The molecule has 9 heteroatoms. The maximum atomic E-state index is 13.6. The van der Waals surface area contributed by atoms with Gasteiger partial charge in [-0.05, 0) is 30.2 Å². The van der Waals surface area contributed by atoms with Crippen molar-refractivity contribution in [2.75, 3.05) is 13.6 Å². The number of carbonyl (C=O) groups is 3. The van der Waals surface area contributed by atoms with Crippen LogP contribution in [0.15, 0.2) is 60.7 Å². The van der Waals surface area contributed by atoms with Gasteiger partial charge in [-0.3, -0.25) is 19.3 Å². The predicted molar refractivity (Wildman–Crippen MR) is 117 cm³/mol. The third kappa shape index (κ3) is 5.32. The highest BCUT2D eigenvalue weighted by Crippen LogP contribution is 2.26. The third-order valence-corrected chi connectivity index (χ3v) is 5.43. The number of imide groups is 1. The Balaban J connectivity index is 2.00. The van der Waals surface area contributed by atoms with E-state index < -0.39 is 47.5 Å². The molecule has 3 N–H and O–H groups in total. The van der Waals surface area contributed by atoms with Gasteiger partial charge in [0.1, 0.15) is 17.7 Å². The third-order valence-electron chi connectivity index (χ3n) is 5.43. The van der Waals surface area contributed by atoms with Crippen LogP contribution in [0.1, 0.15) is 30.1 Å². The molecule has 0 saturated carbocycles. The van der Waals surface area contributed by atoms with Crippen molar-refractivity contribution in [3.05, 3.63) is 83.4 Å². The molecule has 0 saturated heterocycles. The topological polar surface area (TPSA) is 104 Å². The SMILES string of the molecule is C[C@H](N)C(=O)N(C(=O)[C@H](O)c1cc(F)cc(F)c1)[C@H]1C=C[C@H](c2ccccc2)CN(C)C1=O. The smallest absolute Gasteiger partial charge is 0.263 e. The number of aliphatic hydroxyl groups is 1. The minimum absolute atomic E-state index is 0.199. The molecule has 0 bridgehead atoms. The summed E-state index contributed by atoms with van der Waals surface area (Å²) in [5.41, 5.74) is 6.25. The van der Waals surface area contributed by atoms with Crippen molar-refractivity contribution in [3.63, 3.8) is 0 Å². The van der Waals surface area contributed by atoms with Crippen LogP contribution in [0.2, 0.25) is 0 Å². The normalized spacial score (nSPS) is 20.2. The minimum atomic E-state index is -2.09. The number of aliphatic hydroxyl groups excluding tert-OH is 1. The average Bonchev–Trinajstić information content (AvgIpc) is 2.92. The molecule has 1 aliphatic heterocycles. The molecule has 3 amide bonds. The first-order valence-corrected chi connectivity index (χ1v) is 10.3. The number of likely N-dealkylation sites (N-methyl/N-ethyl adjacent to an activating group) is 1. The second-order valence-electron chi connectivity index (χ2n) is 8.01. The predicted octanol–water partition coefficient (Wildman–Crippen LogP) is 1.88. The van der Waals surface area contributed by atoms with Gasteiger partial charge in [0.05, 0.1) is 6.04 Å². The molecule has 0 aliphatic carbocycles. The minimum Gasteiger partial charge on any atom is -0.378 e. The molecule has 33 heavy (non-hydrogen) atoms. The monoisotopic (exact) mass is 457 g/mol. The van der Waals surface area contributed by atoms with Crippen molar-refractivity contribution in [3.8, 4) is 0 Å². The van der Waals surface area contributed by atoms with E-state index in [1.807, 2.05) is 30.3 Å². The Morgan fingerprint density at radius 2 is 1.70 bits per heavy atom. The van der Waals surface area contributed by atoms with Crippen molar-refractivity contribution in [1.82, 2.24) is 9.80 Å². The summed E-state index contributed by atoms with van der Waals surface area (Å²) in [4.78, 5) is 41.2. The molecular weight excluding hydrogens is 432 g/mol. The lowest BCUT2D eigenvalue weighted by Crippen LogP contribution is -2.56. The van der Waals surface area contributed by atoms with Crippen molar-refractivity contribution in [1.29, 1.82) is 0 Å². The Bertz CT molecular complexity index is 1050. The molecule has 1 heterocycles. The van der Waals surface area contributed by atoms with Gasteiger partial charge in [-0.1, -0.05) is 42.5 Å². The molecule has 7 nitrogen and oxygen atoms in total. The molecule has 0 radical (unpaired) electrons. The fourth-order valence-electron chi connectivity index (χ4n) is 3.72. The lowest BCUT2D eigenvalue weighted by molar-refractivity contribution is -0.158. The van der Waals surface area contributed by atoms with Gasteiger partial charge in [0.15, 0.2) is 6.10 Å². The molecule has 174 valence electrons. The maximum absolute atomic E-state index is 13.6. The quantitative estimate of drug-likeness (QED) is 0.668. The maximum Gasteiger partial charge on any atom is 0.263 e. The van der Waals surface area contributed by atoms with Crippen LogP contribution in [0, 0.1) is 11.6 Å². The number of hydrogen-bond donors (Lipinski definition) is 2. The van der Waals surface area contributed by atoms with E-state index in [0.717, 1.165) is 17.7 Å². The van der Waals surface area contributed by atoms with Crippen LogP contribution in [0.3, 0.4) is 0 Å². The van der Waals surface area contributed by atoms with Crippen molar-refractivity contribution >= 4 is 17.7 Å². The summed E-state index contributed by atoms with van der Waals surface area (Å²) in [6, 6.07) is 8.95. The highest BCUT2D eigenvalue weighted by atomic mass is 19.1. The lowest BCUT2D eigenvalue weighted by atomic mass is 9.98. The second kappa shape index (κ2) is 10.0. The van der Waals surface area contributed by atoms with Crippen LogP contribution in [-0.4, -0.2) is 58.3 Å². The number of nitrogens with zero attached hydrogens (tertiary/aromatic N) is 2. The van der Waals surface area contributed by atoms with Gasteiger partial charge in [0, 0.05) is 25.6 Å². The Morgan fingerprint density at radius 3 is 2.27 bits per heavy atom. The number of nitrogens with two attached hydrogens (primary N) is 1. The second-order valence-corrected chi connectivity index (χ2v) is 8.01. The van der Waals surface area contributed by atoms with Gasteiger partial charge in [0.2, 0.25) is 11.8 Å². The zero-order chi connectivity index (χ0) is 24.3. The largest absolute Gasteiger partial charge is 0.378 e. The average molecular weight is 457 g/mol. The van der Waals surface area contributed by atoms with E-state index in [4.69, 9.17) is 5.73 Å². The summed E-state index contributed by atoms with van der Waals surface area (Å²) in [5, 5.41) is 10.6. The van der Waals surface area contributed by atoms with E-state index in [-0.39, 0.29) is 11.5 Å². The molecule has 2 aromatic rings. The Labute approximate surface area is 190 Å². The summed E-state index contributed by atoms with van der Waals surface area (Å²) in [6.45, 7) is 1.63. The van der Waals surface area contributed by atoms with Crippen LogP contribution < -0.4 is 5.73 Å². The molecule has 0 spiro atoms. The van der Waals surface area contributed by atoms with Crippen LogP contribution >= 0.6 is 0 Å². The zero-order valence-corrected chi connectivity index (χ0v) is 18.2. The first-order chi connectivity index (χ1) is 15.6. The standard InChI is InChI=1S/C24H25F2N3O4/c1-14(27)22(31)29(24(33)21(30)17-10-18(25)12-19(26)11-17)20-9-8-16(13-28(2)23(20)32)15-6-4-3-5-7-15/h3-12,14,16,20-21,30H,13,27H2,1-2H3/t14-,16-,20-,21+/m0/s1. The van der Waals surface area contributed by atoms with Crippen molar-refractivity contribution < 1.29 is 28.3 Å². The Morgan fingerprint density at radius 1 is 1.09 bits per heavy atom. The van der Waals surface area contributed by atoms with Crippen LogP contribution in [0.4, 0.5) is 8.78 Å².